The summed E-state index contributed by atoms with van der Waals surface area (Å²) in [5.74, 6) is 0.749. The Hall–Kier alpha value is -1.61. The van der Waals surface area contributed by atoms with Crippen molar-refractivity contribution in [3.05, 3.63) is 37.8 Å². The largest absolute Gasteiger partial charge is 0.504 e. The Kier molecular flexibility index (Phi) is 4.61. The van der Waals surface area contributed by atoms with Gasteiger partial charge in [-0.15, -0.1) is 0 Å². The van der Waals surface area contributed by atoms with Gasteiger partial charge in [-0.3, -0.25) is 4.79 Å². The van der Waals surface area contributed by atoms with Crippen molar-refractivity contribution in [3.8, 4) is 22.9 Å². The lowest BCUT2D eigenvalue weighted by Gasteiger charge is -2.08. The van der Waals surface area contributed by atoms with Gasteiger partial charge in [-0.05, 0) is 40.8 Å². The molecule has 7 heteroatoms. The van der Waals surface area contributed by atoms with E-state index in [0.29, 0.717) is 26.4 Å². The first kappa shape index (κ1) is 14.8. The number of benzene rings is 1. The van der Waals surface area contributed by atoms with E-state index in [9.17, 15) is 9.90 Å². The molecule has 106 valence electrons. The van der Waals surface area contributed by atoms with Gasteiger partial charge >= 0.3 is 0 Å². The molecule has 6 nitrogen and oxygen atoms in total. The van der Waals surface area contributed by atoms with Crippen molar-refractivity contribution in [3.63, 3.8) is 0 Å². The molecule has 0 aliphatic rings. The van der Waals surface area contributed by atoms with Crippen LogP contribution in [0, 0.1) is 3.57 Å². The van der Waals surface area contributed by atoms with E-state index in [1.54, 1.807) is 19.2 Å². The lowest BCUT2D eigenvalue weighted by molar-refractivity contribution is 0.180. The van der Waals surface area contributed by atoms with Gasteiger partial charge in [0.1, 0.15) is 9.39 Å². The molecule has 0 unspecified atom stereocenters. The number of aromatic hydroxyl groups is 1. The fourth-order valence-electron chi connectivity index (χ4n) is 1.70. The number of nitrogens with zero attached hydrogens (tertiary/aromatic N) is 1. The lowest BCUT2D eigenvalue weighted by Crippen LogP contribution is -2.16. The molecule has 0 atom stereocenters. The van der Waals surface area contributed by atoms with Crippen molar-refractivity contribution in [1.82, 2.24) is 9.97 Å². The van der Waals surface area contributed by atoms with E-state index in [4.69, 9.17) is 9.47 Å². The van der Waals surface area contributed by atoms with Crippen LogP contribution < -0.4 is 10.3 Å². The predicted molar refractivity (Wildman–Crippen MR) is 81.9 cm³/mol. The summed E-state index contributed by atoms with van der Waals surface area (Å²) in [6.45, 7) is 0.254. The first-order valence-electron chi connectivity index (χ1n) is 5.71. The molecule has 2 aromatic rings. The number of H-pyrrole nitrogens is 1. The van der Waals surface area contributed by atoms with Crippen LogP contribution in [0.3, 0.4) is 0 Å². The van der Waals surface area contributed by atoms with Crippen molar-refractivity contribution >= 4 is 22.6 Å². The molecular weight excluding hydrogens is 375 g/mol. The van der Waals surface area contributed by atoms with E-state index in [2.05, 4.69) is 9.97 Å². The van der Waals surface area contributed by atoms with Crippen molar-refractivity contribution in [2.24, 2.45) is 0 Å². The van der Waals surface area contributed by atoms with Crippen molar-refractivity contribution in [2.45, 2.75) is 6.61 Å². The lowest BCUT2D eigenvalue weighted by atomic mass is 10.2. The SMILES string of the molecule is COCc1nc(-c2ccc(O)c(OC)c2)[nH]c(=O)c1I. The van der Waals surface area contributed by atoms with E-state index < -0.39 is 0 Å². The van der Waals surface area contributed by atoms with E-state index in [-0.39, 0.29) is 17.9 Å². The zero-order chi connectivity index (χ0) is 14.7. The van der Waals surface area contributed by atoms with Gasteiger partial charge in [0.2, 0.25) is 0 Å². The molecule has 0 fully saturated rings. The highest BCUT2D eigenvalue weighted by molar-refractivity contribution is 14.1. The van der Waals surface area contributed by atoms with Crippen molar-refractivity contribution in [2.75, 3.05) is 14.2 Å². The van der Waals surface area contributed by atoms with Gasteiger partial charge in [-0.25, -0.2) is 4.98 Å². The van der Waals surface area contributed by atoms with Crippen molar-refractivity contribution in [1.29, 1.82) is 0 Å². The molecule has 1 aromatic carbocycles. The third kappa shape index (κ3) is 2.93. The van der Waals surface area contributed by atoms with Crippen LogP contribution in [0.2, 0.25) is 0 Å². The summed E-state index contributed by atoms with van der Waals surface area (Å²) >= 11 is 1.93. The molecule has 2 rings (SSSR count). The number of ether oxygens (including phenoxy) is 2. The quantitative estimate of drug-likeness (QED) is 0.782. The zero-order valence-electron chi connectivity index (χ0n) is 10.9. The van der Waals surface area contributed by atoms with Crippen LogP contribution in [-0.2, 0) is 11.3 Å². The smallest absolute Gasteiger partial charge is 0.264 e. The highest BCUT2D eigenvalue weighted by Crippen LogP contribution is 2.29. The van der Waals surface area contributed by atoms with Crippen LogP contribution in [0.25, 0.3) is 11.4 Å². The summed E-state index contributed by atoms with van der Waals surface area (Å²) in [4.78, 5) is 19.0. The minimum absolute atomic E-state index is 0.0289. The van der Waals surface area contributed by atoms with E-state index >= 15 is 0 Å². The maximum Gasteiger partial charge on any atom is 0.264 e. The number of aromatic nitrogens is 2. The fraction of sp³-hybridized carbons (Fsp3) is 0.231. The normalized spacial score (nSPS) is 10.6. The van der Waals surface area contributed by atoms with Crippen molar-refractivity contribution < 1.29 is 14.6 Å². The first-order chi connectivity index (χ1) is 9.56. The van der Waals surface area contributed by atoms with Crippen LogP contribution in [0.15, 0.2) is 23.0 Å². The fourth-order valence-corrected chi connectivity index (χ4v) is 2.11. The first-order valence-corrected chi connectivity index (χ1v) is 6.79. The van der Waals surface area contributed by atoms with Crippen LogP contribution in [0.1, 0.15) is 5.69 Å². The highest BCUT2D eigenvalue weighted by Gasteiger charge is 2.12. The summed E-state index contributed by atoms with van der Waals surface area (Å²) in [5.41, 5.74) is 0.985. The predicted octanol–water partition coefficient (Wildman–Crippen LogP) is 1.90. The van der Waals surface area contributed by atoms with Gasteiger partial charge in [0, 0.05) is 12.7 Å². The number of hydrogen-bond acceptors (Lipinski definition) is 5. The summed E-state index contributed by atoms with van der Waals surface area (Å²) in [5, 5.41) is 9.58. The van der Waals surface area contributed by atoms with Crippen LogP contribution >= 0.6 is 22.6 Å². The Morgan fingerprint density at radius 2 is 2.15 bits per heavy atom. The second-order valence-corrected chi connectivity index (χ2v) is 5.07. The average molecular weight is 388 g/mol. The number of nitrogens with one attached hydrogen (secondary N) is 1. The number of rotatable bonds is 4. The van der Waals surface area contributed by atoms with Gasteiger partial charge < -0.3 is 19.6 Å². The molecule has 0 radical (unpaired) electrons. The second-order valence-electron chi connectivity index (χ2n) is 3.99. The molecule has 1 aromatic heterocycles. The van der Waals surface area contributed by atoms with E-state index in [1.165, 1.54) is 13.2 Å². The van der Waals surface area contributed by atoms with Gasteiger partial charge in [0.05, 0.1) is 19.4 Å². The van der Waals surface area contributed by atoms with E-state index in [1.807, 2.05) is 22.6 Å². The number of hydrogen-bond donors (Lipinski definition) is 2. The molecule has 0 spiro atoms. The Labute approximate surface area is 128 Å². The number of methoxy groups -OCH3 is 2. The summed E-state index contributed by atoms with van der Waals surface area (Å²) in [6.07, 6.45) is 0. The minimum atomic E-state index is -0.227. The molecule has 0 aliphatic carbocycles. The molecule has 0 saturated heterocycles. The molecule has 2 N–H and O–H groups in total. The number of phenolic OH excluding ortho intramolecular Hbond substituents is 1. The topological polar surface area (TPSA) is 84.4 Å². The zero-order valence-corrected chi connectivity index (χ0v) is 13.1. The Balaban J connectivity index is 2.55. The van der Waals surface area contributed by atoms with Crippen LogP contribution in [-0.4, -0.2) is 29.3 Å². The number of halogens is 1. The van der Waals surface area contributed by atoms with Gasteiger partial charge in [-0.2, -0.15) is 0 Å². The third-order valence-electron chi connectivity index (χ3n) is 2.67. The van der Waals surface area contributed by atoms with Gasteiger partial charge in [0.25, 0.3) is 5.56 Å². The molecule has 0 amide bonds. The van der Waals surface area contributed by atoms with Gasteiger partial charge in [0.15, 0.2) is 11.5 Å². The Morgan fingerprint density at radius 3 is 2.80 bits per heavy atom. The summed E-state index contributed by atoms with van der Waals surface area (Å²) < 4.78 is 10.6. The molecule has 0 aliphatic heterocycles. The van der Waals surface area contributed by atoms with E-state index in [0.717, 1.165) is 0 Å². The van der Waals surface area contributed by atoms with Crippen LogP contribution in [0.5, 0.6) is 11.5 Å². The standard InChI is InChI=1S/C13H13IN2O4/c1-19-6-8-11(14)13(18)16-12(15-8)7-3-4-9(17)10(5-7)20-2/h3-5,17H,6H2,1-2H3,(H,15,16,18). The molecule has 20 heavy (non-hydrogen) atoms. The number of phenols is 1. The Morgan fingerprint density at radius 1 is 1.40 bits per heavy atom. The third-order valence-corrected chi connectivity index (χ3v) is 3.78. The summed E-state index contributed by atoms with van der Waals surface area (Å²) in [7, 11) is 3.00. The average Bonchev–Trinajstić information content (AvgIpc) is 2.44. The summed E-state index contributed by atoms with van der Waals surface area (Å²) in [6, 6.07) is 4.75. The maximum atomic E-state index is 11.9. The molecule has 0 saturated carbocycles. The molecule has 1 heterocycles. The molecule has 0 bridgehead atoms. The molecular formula is C13H13IN2O4. The highest BCUT2D eigenvalue weighted by atomic mass is 127. The van der Waals surface area contributed by atoms with Crippen LogP contribution in [0.4, 0.5) is 0 Å². The Bertz CT molecular complexity index is 685. The monoisotopic (exact) mass is 388 g/mol. The van der Waals surface area contributed by atoms with Gasteiger partial charge in [-0.1, -0.05) is 0 Å². The minimum Gasteiger partial charge on any atom is -0.504 e. The maximum absolute atomic E-state index is 11.9. The number of aromatic amines is 1. The second kappa shape index (κ2) is 6.23.